The highest BCUT2D eigenvalue weighted by molar-refractivity contribution is 5.84. The Labute approximate surface area is 107 Å². The molecule has 96 valence electrons. The Bertz CT molecular complexity index is 427. The zero-order valence-corrected chi connectivity index (χ0v) is 10.6. The standard InChI is InChI=1S/C13H17N3O2/c1-3-11(2)15-16-13(17)10-18-14-9-12-7-5-4-6-8-12/h4-9H,3,10H2,1-2H3,(H,16,17). The predicted octanol–water partition coefficient (Wildman–Crippen LogP) is 1.94. The summed E-state index contributed by atoms with van der Waals surface area (Å²) in [5.41, 5.74) is 4.15. The van der Waals surface area contributed by atoms with E-state index in [0.29, 0.717) is 0 Å². The van der Waals surface area contributed by atoms with Crippen molar-refractivity contribution in [3.05, 3.63) is 35.9 Å². The first-order chi connectivity index (χ1) is 8.72. The maximum atomic E-state index is 11.3. The lowest BCUT2D eigenvalue weighted by Gasteiger charge is -1.99. The Morgan fingerprint density at radius 3 is 2.78 bits per heavy atom. The van der Waals surface area contributed by atoms with Gasteiger partial charge >= 0.3 is 0 Å². The van der Waals surface area contributed by atoms with Crippen LogP contribution in [-0.4, -0.2) is 24.4 Å². The lowest BCUT2D eigenvalue weighted by Crippen LogP contribution is -2.23. The zero-order chi connectivity index (χ0) is 13.2. The van der Waals surface area contributed by atoms with Crippen LogP contribution < -0.4 is 5.43 Å². The van der Waals surface area contributed by atoms with Crippen LogP contribution in [0.3, 0.4) is 0 Å². The van der Waals surface area contributed by atoms with E-state index in [1.807, 2.05) is 44.2 Å². The van der Waals surface area contributed by atoms with E-state index >= 15 is 0 Å². The first-order valence-corrected chi connectivity index (χ1v) is 5.74. The quantitative estimate of drug-likeness (QED) is 0.616. The molecule has 5 heteroatoms. The molecule has 0 fully saturated rings. The minimum atomic E-state index is -0.326. The SMILES string of the molecule is CCC(C)=NNC(=O)CON=Cc1ccccc1. The fraction of sp³-hybridized carbons (Fsp3) is 0.308. The molecule has 1 amide bonds. The van der Waals surface area contributed by atoms with E-state index in [2.05, 4.69) is 15.7 Å². The summed E-state index contributed by atoms with van der Waals surface area (Å²) in [4.78, 5) is 16.1. The van der Waals surface area contributed by atoms with E-state index in [0.717, 1.165) is 17.7 Å². The minimum absolute atomic E-state index is 0.149. The molecule has 0 radical (unpaired) electrons. The number of hydrazone groups is 1. The molecule has 0 unspecified atom stereocenters. The summed E-state index contributed by atoms with van der Waals surface area (Å²) in [5, 5.41) is 7.56. The predicted molar refractivity (Wildman–Crippen MR) is 71.5 cm³/mol. The summed E-state index contributed by atoms with van der Waals surface area (Å²) < 4.78 is 0. The highest BCUT2D eigenvalue weighted by atomic mass is 16.6. The van der Waals surface area contributed by atoms with Crippen molar-refractivity contribution in [2.45, 2.75) is 20.3 Å². The van der Waals surface area contributed by atoms with Gasteiger partial charge in [-0.25, -0.2) is 5.43 Å². The van der Waals surface area contributed by atoms with Gasteiger partial charge in [0.15, 0.2) is 6.61 Å². The van der Waals surface area contributed by atoms with Crippen molar-refractivity contribution in [3.8, 4) is 0 Å². The first-order valence-electron chi connectivity index (χ1n) is 5.74. The zero-order valence-electron chi connectivity index (χ0n) is 10.6. The second-order valence-corrected chi connectivity index (χ2v) is 3.65. The third-order valence-electron chi connectivity index (χ3n) is 2.15. The molecule has 1 aromatic rings. The van der Waals surface area contributed by atoms with Gasteiger partial charge in [0.25, 0.3) is 5.91 Å². The van der Waals surface area contributed by atoms with E-state index in [9.17, 15) is 4.79 Å². The maximum absolute atomic E-state index is 11.3. The number of oxime groups is 1. The van der Waals surface area contributed by atoms with Crippen LogP contribution in [0, 0.1) is 0 Å². The largest absolute Gasteiger partial charge is 0.386 e. The number of carbonyl (C=O) groups excluding carboxylic acids is 1. The summed E-state index contributed by atoms with van der Waals surface area (Å²) >= 11 is 0. The summed E-state index contributed by atoms with van der Waals surface area (Å²) in [7, 11) is 0. The van der Waals surface area contributed by atoms with Gasteiger partial charge in [-0.15, -0.1) is 0 Å². The highest BCUT2D eigenvalue weighted by Gasteiger charge is 1.98. The number of carbonyl (C=O) groups is 1. The number of benzene rings is 1. The minimum Gasteiger partial charge on any atom is -0.386 e. The molecule has 0 spiro atoms. The molecule has 0 aromatic heterocycles. The summed E-state index contributed by atoms with van der Waals surface area (Å²) in [5.74, 6) is -0.326. The Balaban J connectivity index is 2.26. The Morgan fingerprint density at radius 1 is 1.39 bits per heavy atom. The Hall–Kier alpha value is -2.17. The molecular weight excluding hydrogens is 230 g/mol. The molecule has 0 aliphatic heterocycles. The first kappa shape index (κ1) is 13.9. The van der Waals surface area contributed by atoms with Crippen LogP contribution in [-0.2, 0) is 9.63 Å². The molecule has 1 aromatic carbocycles. The molecule has 5 nitrogen and oxygen atoms in total. The molecule has 1 rings (SSSR count). The van der Waals surface area contributed by atoms with E-state index in [1.54, 1.807) is 6.21 Å². The summed E-state index contributed by atoms with van der Waals surface area (Å²) in [6.07, 6.45) is 2.35. The molecular formula is C13H17N3O2. The van der Waals surface area contributed by atoms with Gasteiger partial charge in [-0.2, -0.15) is 5.10 Å². The van der Waals surface area contributed by atoms with Crippen LogP contribution in [0.2, 0.25) is 0 Å². The van der Waals surface area contributed by atoms with Crippen LogP contribution in [0.15, 0.2) is 40.6 Å². The van der Waals surface area contributed by atoms with Crippen LogP contribution in [0.4, 0.5) is 0 Å². The third-order valence-corrected chi connectivity index (χ3v) is 2.15. The van der Waals surface area contributed by atoms with Crippen LogP contribution >= 0.6 is 0 Å². The lowest BCUT2D eigenvalue weighted by atomic mass is 10.2. The molecule has 0 atom stereocenters. The van der Waals surface area contributed by atoms with Crippen molar-refractivity contribution in [2.75, 3.05) is 6.61 Å². The van der Waals surface area contributed by atoms with Gasteiger partial charge in [0.1, 0.15) is 0 Å². The molecule has 18 heavy (non-hydrogen) atoms. The average molecular weight is 247 g/mol. The normalized spacial score (nSPS) is 11.6. The molecule has 0 saturated heterocycles. The van der Waals surface area contributed by atoms with E-state index in [1.165, 1.54) is 0 Å². The van der Waals surface area contributed by atoms with Crippen LogP contribution in [0.25, 0.3) is 0 Å². The molecule has 0 aliphatic rings. The Morgan fingerprint density at radius 2 is 2.11 bits per heavy atom. The summed E-state index contributed by atoms with van der Waals surface area (Å²) in [6.45, 7) is 3.66. The van der Waals surface area contributed by atoms with Crippen molar-refractivity contribution in [1.29, 1.82) is 0 Å². The number of nitrogens with one attached hydrogen (secondary N) is 1. The van der Waals surface area contributed by atoms with Crippen LogP contribution in [0.1, 0.15) is 25.8 Å². The Kier molecular flexibility index (Phi) is 6.17. The van der Waals surface area contributed by atoms with Crippen molar-refractivity contribution < 1.29 is 9.63 Å². The smallest absolute Gasteiger partial charge is 0.280 e. The second kappa shape index (κ2) is 8.00. The van der Waals surface area contributed by atoms with Crippen molar-refractivity contribution >= 4 is 17.8 Å². The highest BCUT2D eigenvalue weighted by Crippen LogP contribution is 1.94. The monoisotopic (exact) mass is 247 g/mol. The molecule has 1 N–H and O–H groups in total. The van der Waals surface area contributed by atoms with Crippen molar-refractivity contribution in [1.82, 2.24) is 5.43 Å². The van der Waals surface area contributed by atoms with Gasteiger partial charge in [-0.3, -0.25) is 4.79 Å². The van der Waals surface area contributed by atoms with E-state index in [4.69, 9.17) is 4.84 Å². The third kappa shape index (κ3) is 5.79. The number of rotatable bonds is 6. The van der Waals surface area contributed by atoms with Gasteiger partial charge in [-0.05, 0) is 18.9 Å². The number of amides is 1. The topological polar surface area (TPSA) is 63.0 Å². The average Bonchev–Trinajstić information content (AvgIpc) is 2.42. The van der Waals surface area contributed by atoms with Gasteiger partial charge in [-0.1, -0.05) is 42.4 Å². The molecule has 0 aliphatic carbocycles. The maximum Gasteiger partial charge on any atom is 0.280 e. The fourth-order valence-electron chi connectivity index (χ4n) is 1.00. The lowest BCUT2D eigenvalue weighted by molar-refractivity contribution is -0.125. The second-order valence-electron chi connectivity index (χ2n) is 3.65. The van der Waals surface area contributed by atoms with Gasteiger partial charge in [0.2, 0.25) is 0 Å². The number of nitrogens with zero attached hydrogens (tertiary/aromatic N) is 2. The van der Waals surface area contributed by atoms with E-state index < -0.39 is 0 Å². The molecule has 0 heterocycles. The van der Waals surface area contributed by atoms with Crippen molar-refractivity contribution in [3.63, 3.8) is 0 Å². The number of hydrogen-bond acceptors (Lipinski definition) is 4. The van der Waals surface area contributed by atoms with Crippen LogP contribution in [0.5, 0.6) is 0 Å². The van der Waals surface area contributed by atoms with E-state index in [-0.39, 0.29) is 12.5 Å². The van der Waals surface area contributed by atoms with Gasteiger partial charge in [0, 0.05) is 5.71 Å². The van der Waals surface area contributed by atoms with Crippen molar-refractivity contribution in [2.24, 2.45) is 10.3 Å². The summed E-state index contributed by atoms with van der Waals surface area (Å²) in [6, 6.07) is 9.50. The van der Waals surface area contributed by atoms with Gasteiger partial charge < -0.3 is 4.84 Å². The molecule has 0 saturated carbocycles. The molecule has 0 bridgehead atoms. The number of hydrogen-bond donors (Lipinski definition) is 1. The fourth-order valence-corrected chi connectivity index (χ4v) is 1.00. The van der Waals surface area contributed by atoms with Gasteiger partial charge in [0.05, 0.1) is 6.21 Å².